The van der Waals surface area contributed by atoms with Crippen LogP contribution < -0.4 is 4.74 Å². The minimum absolute atomic E-state index is 0.217. The Hall–Kier alpha value is -2.20. The third-order valence-electron chi connectivity index (χ3n) is 2.80. The number of ketones is 1. The fraction of sp³-hybridized carbons (Fsp3) is 0.200. The van der Waals surface area contributed by atoms with Crippen molar-refractivity contribution >= 4 is 5.78 Å². The first-order valence-corrected chi connectivity index (χ1v) is 5.89. The van der Waals surface area contributed by atoms with E-state index in [0.717, 1.165) is 5.56 Å². The van der Waals surface area contributed by atoms with Crippen LogP contribution >= 0.6 is 0 Å². The van der Waals surface area contributed by atoms with Gasteiger partial charge in [0.1, 0.15) is 11.9 Å². The van der Waals surface area contributed by atoms with Gasteiger partial charge in [-0.2, -0.15) is 0 Å². The van der Waals surface area contributed by atoms with Crippen LogP contribution in [-0.4, -0.2) is 25.0 Å². The number of carbonyl (C=O) groups excluding carboxylic acids is 1. The molecule has 1 aromatic carbocycles. The lowest BCUT2D eigenvalue weighted by Gasteiger charge is -2.15. The molecule has 0 aliphatic rings. The Bertz CT molecular complexity index is 554. The first-order chi connectivity index (χ1) is 9.27. The Kier molecular flexibility index (Phi) is 4.26. The number of aromatic nitrogens is 1. The molecule has 0 radical (unpaired) electrons. The van der Waals surface area contributed by atoms with E-state index < -0.39 is 6.10 Å². The molecule has 19 heavy (non-hydrogen) atoms. The number of carbonyl (C=O) groups is 1. The smallest absolute Gasteiger partial charge is 0.218 e. The lowest BCUT2D eigenvalue weighted by molar-refractivity contribution is 0.0596. The van der Waals surface area contributed by atoms with Crippen molar-refractivity contribution in [2.45, 2.75) is 6.10 Å². The molecule has 0 aliphatic heterocycles. The van der Waals surface area contributed by atoms with E-state index in [2.05, 4.69) is 4.98 Å². The highest BCUT2D eigenvalue weighted by Crippen LogP contribution is 2.25. The molecule has 1 atom stereocenters. The summed E-state index contributed by atoms with van der Waals surface area (Å²) in [6, 6.07) is 12.7. The van der Waals surface area contributed by atoms with E-state index in [9.17, 15) is 4.79 Å². The number of hydrogen-bond acceptors (Lipinski definition) is 4. The predicted octanol–water partition coefficient (Wildman–Crippen LogP) is 2.66. The Labute approximate surface area is 112 Å². The van der Waals surface area contributed by atoms with Crippen molar-refractivity contribution in [1.29, 1.82) is 0 Å². The molecule has 4 nitrogen and oxygen atoms in total. The molecule has 1 heterocycles. The van der Waals surface area contributed by atoms with E-state index in [1.807, 2.05) is 30.3 Å². The van der Waals surface area contributed by atoms with Crippen molar-refractivity contribution in [1.82, 2.24) is 4.98 Å². The summed E-state index contributed by atoms with van der Waals surface area (Å²) in [6.45, 7) is 0. The molecule has 0 bridgehead atoms. The second-order valence-corrected chi connectivity index (χ2v) is 3.94. The van der Waals surface area contributed by atoms with Crippen molar-refractivity contribution in [3.8, 4) is 5.75 Å². The van der Waals surface area contributed by atoms with Crippen molar-refractivity contribution in [3.05, 3.63) is 59.9 Å². The van der Waals surface area contributed by atoms with E-state index in [1.165, 1.54) is 14.2 Å². The van der Waals surface area contributed by atoms with Crippen LogP contribution in [0.25, 0.3) is 0 Å². The first-order valence-electron chi connectivity index (χ1n) is 5.89. The Morgan fingerprint density at radius 2 is 1.84 bits per heavy atom. The fourth-order valence-electron chi connectivity index (χ4n) is 1.89. The van der Waals surface area contributed by atoms with Crippen molar-refractivity contribution in [2.75, 3.05) is 14.2 Å². The Morgan fingerprint density at radius 1 is 1.11 bits per heavy atom. The van der Waals surface area contributed by atoms with Crippen LogP contribution in [0.1, 0.15) is 22.2 Å². The van der Waals surface area contributed by atoms with E-state index in [0.29, 0.717) is 5.75 Å². The molecule has 2 aromatic rings. The normalized spacial score (nSPS) is 11.9. The molecule has 0 aliphatic carbocycles. The molecule has 2 rings (SSSR count). The van der Waals surface area contributed by atoms with E-state index in [4.69, 9.17) is 9.47 Å². The van der Waals surface area contributed by atoms with Gasteiger partial charge in [0.2, 0.25) is 5.78 Å². The molecule has 98 valence electrons. The minimum Gasteiger partial charge on any atom is -0.494 e. The number of benzene rings is 1. The quantitative estimate of drug-likeness (QED) is 0.773. The zero-order valence-electron chi connectivity index (χ0n) is 10.9. The van der Waals surface area contributed by atoms with E-state index in [-0.39, 0.29) is 11.5 Å². The number of ether oxygens (including phenoxy) is 2. The number of rotatable bonds is 5. The highest BCUT2D eigenvalue weighted by atomic mass is 16.5. The maximum Gasteiger partial charge on any atom is 0.218 e. The van der Waals surface area contributed by atoms with Gasteiger partial charge in [0.25, 0.3) is 0 Å². The third kappa shape index (κ3) is 2.80. The van der Waals surface area contributed by atoms with Gasteiger partial charge in [-0.1, -0.05) is 30.3 Å². The third-order valence-corrected chi connectivity index (χ3v) is 2.80. The van der Waals surface area contributed by atoms with Crippen LogP contribution in [0, 0.1) is 0 Å². The average Bonchev–Trinajstić information content (AvgIpc) is 2.49. The van der Waals surface area contributed by atoms with Crippen molar-refractivity contribution < 1.29 is 14.3 Å². The highest BCUT2D eigenvalue weighted by molar-refractivity contribution is 6.00. The second-order valence-electron chi connectivity index (χ2n) is 3.94. The molecule has 1 aromatic heterocycles. The first kappa shape index (κ1) is 13.2. The summed E-state index contributed by atoms with van der Waals surface area (Å²) in [4.78, 5) is 16.6. The van der Waals surface area contributed by atoms with Gasteiger partial charge in [0.05, 0.1) is 7.11 Å². The fourth-order valence-corrected chi connectivity index (χ4v) is 1.89. The van der Waals surface area contributed by atoms with Crippen molar-refractivity contribution in [3.63, 3.8) is 0 Å². The molecule has 4 heteroatoms. The molecular formula is C15H15NO3. The van der Waals surface area contributed by atoms with Crippen LogP contribution in [0.15, 0.2) is 48.7 Å². The molecule has 0 N–H and O–H groups in total. The lowest BCUT2D eigenvalue weighted by atomic mass is 10.0. The summed E-state index contributed by atoms with van der Waals surface area (Å²) in [7, 11) is 3.02. The van der Waals surface area contributed by atoms with Gasteiger partial charge in [0.15, 0.2) is 5.69 Å². The molecular weight excluding hydrogens is 242 g/mol. The maximum atomic E-state index is 12.5. The Balaban J connectivity index is 2.36. The number of hydrogen-bond donors (Lipinski definition) is 0. The molecule has 0 amide bonds. The monoisotopic (exact) mass is 257 g/mol. The number of Topliss-reactive ketones (excluding diaryl/α,β-unsaturated/α-hetero) is 1. The van der Waals surface area contributed by atoms with E-state index in [1.54, 1.807) is 18.3 Å². The predicted molar refractivity (Wildman–Crippen MR) is 71.3 cm³/mol. The molecule has 0 saturated carbocycles. The van der Waals surface area contributed by atoms with Gasteiger partial charge in [-0.3, -0.25) is 4.79 Å². The van der Waals surface area contributed by atoms with E-state index >= 15 is 0 Å². The molecule has 0 saturated heterocycles. The molecule has 0 spiro atoms. The maximum absolute atomic E-state index is 12.5. The second kappa shape index (κ2) is 6.11. The van der Waals surface area contributed by atoms with Gasteiger partial charge >= 0.3 is 0 Å². The van der Waals surface area contributed by atoms with Crippen LogP contribution in [0.2, 0.25) is 0 Å². The summed E-state index contributed by atoms with van der Waals surface area (Å²) >= 11 is 0. The molecule has 1 unspecified atom stereocenters. The van der Waals surface area contributed by atoms with Gasteiger partial charge in [0, 0.05) is 13.3 Å². The van der Waals surface area contributed by atoms with Gasteiger partial charge in [-0.15, -0.1) is 0 Å². The SMILES string of the molecule is COc1cccnc1C(=O)C(OC)c1ccccc1. The van der Waals surface area contributed by atoms with Crippen molar-refractivity contribution in [2.24, 2.45) is 0 Å². The van der Waals surface area contributed by atoms with Crippen LogP contribution in [0.3, 0.4) is 0 Å². The summed E-state index contributed by atoms with van der Waals surface area (Å²) in [6.07, 6.45) is 0.887. The summed E-state index contributed by atoms with van der Waals surface area (Å²) in [5, 5.41) is 0. The molecule has 0 fully saturated rings. The van der Waals surface area contributed by atoms with Gasteiger partial charge in [-0.25, -0.2) is 4.98 Å². The Morgan fingerprint density at radius 3 is 2.47 bits per heavy atom. The highest BCUT2D eigenvalue weighted by Gasteiger charge is 2.25. The number of methoxy groups -OCH3 is 2. The topological polar surface area (TPSA) is 48.4 Å². The largest absolute Gasteiger partial charge is 0.494 e. The lowest BCUT2D eigenvalue weighted by Crippen LogP contribution is -2.17. The van der Waals surface area contributed by atoms with Crippen LogP contribution in [0.5, 0.6) is 5.75 Å². The summed E-state index contributed by atoms with van der Waals surface area (Å²) < 4.78 is 10.5. The number of pyridine rings is 1. The van der Waals surface area contributed by atoms with Gasteiger partial charge < -0.3 is 9.47 Å². The minimum atomic E-state index is -0.676. The van der Waals surface area contributed by atoms with Gasteiger partial charge in [-0.05, 0) is 17.7 Å². The zero-order chi connectivity index (χ0) is 13.7. The number of nitrogens with zero attached hydrogens (tertiary/aromatic N) is 1. The average molecular weight is 257 g/mol. The summed E-state index contributed by atoms with van der Waals surface area (Å²) in [5.74, 6) is 0.233. The van der Waals surface area contributed by atoms with Crippen LogP contribution in [-0.2, 0) is 4.74 Å². The standard InChI is InChI=1S/C15H15NO3/c1-18-12-9-6-10-16-13(12)14(17)15(19-2)11-7-4-3-5-8-11/h3-10,15H,1-2H3. The van der Waals surface area contributed by atoms with Crippen LogP contribution in [0.4, 0.5) is 0 Å². The zero-order valence-corrected chi connectivity index (χ0v) is 10.9. The summed E-state index contributed by atoms with van der Waals surface area (Å²) in [5.41, 5.74) is 1.07.